The van der Waals surface area contributed by atoms with Crippen LogP contribution in [-0.2, 0) is 30.4 Å². The maximum atomic E-state index is 14.2. The smallest absolute Gasteiger partial charge is 0.271 e. The molecule has 1 aliphatic rings. The van der Waals surface area contributed by atoms with Gasteiger partial charge in [0.05, 0.1) is 59.5 Å². The largest absolute Gasteiger partial charge is 0.391 e. The predicted molar refractivity (Wildman–Crippen MR) is 279 cm³/mol. The molecule has 0 bridgehead atoms. The Kier molecular flexibility index (Phi) is 23.5. The van der Waals surface area contributed by atoms with Gasteiger partial charge in [0.2, 0.25) is 29.5 Å². The molecule has 21 N–H and O–H groups in total. The zero-order valence-electron chi connectivity index (χ0n) is 42.3. The van der Waals surface area contributed by atoms with E-state index in [1.54, 1.807) is 10.8 Å². The number of amides is 7. The van der Waals surface area contributed by atoms with E-state index in [1.165, 1.54) is 49.0 Å². The number of primary amides is 2. The van der Waals surface area contributed by atoms with Gasteiger partial charge >= 0.3 is 0 Å². The first-order valence-corrected chi connectivity index (χ1v) is 26.6. The normalized spacial score (nSPS) is 18.0. The van der Waals surface area contributed by atoms with Crippen LogP contribution >= 0.6 is 22.7 Å². The molecule has 0 aliphatic heterocycles. The Balaban J connectivity index is 1.19. The summed E-state index contributed by atoms with van der Waals surface area (Å²) in [5.41, 5.74) is 28.7. The highest BCUT2D eigenvalue weighted by molar-refractivity contribution is 7.14. The number of aromatic nitrogens is 6. The molecule has 7 amide bonds. The first kappa shape index (κ1) is 60.2. The monoisotopic (exact) mass is 1100 g/mol. The lowest BCUT2D eigenvalue weighted by Crippen LogP contribution is -2.58. The molecule has 4 heterocycles. The van der Waals surface area contributed by atoms with Crippen molar-refractivity contribution < 1.29 is 48.9 Å². The lowest BCUT2D eigenvalue weighted by Gasteiger charge is -2.31. The number of aliphatic hydroxyl groups is 3. The summed E-state index contributed by atoms with van der Waals surface area (Å²) in [5, 5.41) is 58.0. The Morgan fingerprint density at radius 3 is 2.32 bits per heavy atom. The molecule has 76 heavy (non-hydrogen) atoms. The van der Waals surface area contributed by atoms with Crippen LogP contribution in [0.2, 0.25) is 0 Å². The molecule has 28 nitrogen and oxygen atoms in total. The Bertz CT molecular complexity index is 2580. The molecule has 4 aromatic rings. The minimum atomic E-state index is -1.79. The number of aromatic amines is 1. The van der Waals surface area contributed by atoms with Crippen LogP contribution in [0.1, 0.15) is 114 Å². The van der Waals surface area contributed by atoms with Gasteiger partial charge in [0, 0.05) is 48.8 Å². The van der Waals surface area contributed by atoms with E-state index in [9.17, 15) is 48.9 Å². The van der Waals surface area contributed by atoms with E-state index in [4.69, 9.17) is 28.7 Å². The van der Waals surface area contributed by atoms with Crippen molar-refractivity contribution in [1.29, 1.82) is 0 Å². The number of aliphatic hydroxyl groups excluding tert-OH is 3. The number of thiazole rings is 2. The topological polar surface area (TPSA) is 475 Å². The number of rotatable bonds is 30. The van der Waals surface area contributed by atoms with E-state index in [2.05, 4.69) is 67.1 Å². The predicted octanol–water partition coefficient (Wildman–Crippen LogP) is -3.47. The van der Waals surface area contributed by atoms with Crippen LogP contribution in [0.15, 0.2) is 23.3 Å². The average Bonchev–Trinajstić information content (AvgIpc) is 4.19. The second-order valence-electron chi connectivity index (χ2n) is 18.3. The first-order chi connectivity index (χ1) is 36.3. The molecule has 1 saturated carbocycles. The van der Waals surface area contributed by atoms with Gasteiger partial charge in [-0.2, -0.15) is 0 Å². The minimum absolute atomic E-state index is 0.0194. The van der Waals surface area contributed by atoms with Crippen LogP contribution < -0.4 is 65.9 Å². The number of nitrogens with zero attached hydrogens (tertiary/aromatic N) is 5. The molecule has 0 unspecified atom stereocenters. The molecule has 1 fully saturated rings. The summed E-state index contributed by atoms with van der Waals surface area (Å²) in [6.07, 6.45) is 1.59. The van der Waals surface area contributed by atoms with Gasteiger partial charge in [-0.15, -0.1) is 22.7 Å². The van der Waals surface area contributed by atoms with E-state index in [0.717, 1.165) is 32.4 Å². The Labute approximate surface area is 445 Å². The summed E-state index contributed by atoms with van der Waals surface area (Å²) in [5.74, 6) is -6.96. The van der Waals surface area contributed by atoms with Crippen LogP contribution in [0.4, 0.5) is 5.82 Å². The van der Waals surface area contributed by atoms with Crippen molar-refractivity contribution in [2.24, 2.45) is 28.9 Å². The molecule has 9 atom stereocenters. The number of hydrogen-bond acceptors (Lipinski definition) is 22. The molecule has 1 aliphatic carbocycles. The van der Waals surface area contributed by atoms with Crippen molar-refractivity contribution in [3.05, 3.63) is 56.8 Å². The van der Waals surface area contributed by atoms with Crippen LogP contribution in [0.25, 0.3) is 10.7 Å². The van der Waals surface area contributed by atoms with Gasteiger partial charge in [0.25, 0.3) is 11.8 Å². The van der Waals surface area contributed by atoms with Crippen molar-refractivity contribution in [2.75, 3.05) is 45.0 Å². The summed E-state index contributed by atoms with van der Waals surface area (Å²) in [4.78, 5) is 116. The summed E-state index contributed by atoms with van der Waals surface area (Å²) < 4.78 is 0. The highest BCUT2D eigenvalue weighted by atomic mass is 32.1. The molecule has 0 spiro atoms. The average molecular weight is 1100 g/mol. The summed E-state index contributed by atoms with van der Waals surface area (Å²) in [6, 6.07) is -6.61. The zero-order chi connectivity index (χ0) is 55.5. The minimum Gasteiger partial charge on any atom is -0.391 e. The Morgan fingerprint density at radius 1 is 0.868 bits per heavy atom. The molecule has 0 saturated heterocycles. The Hall–Kier alpha value is -6.64. The summed E-state index contributed by atoms with van der Waals surface area (Å²) >= 11 is 2.62. The standard InChI is InChI=1S/C46H70N18O10S2/c1-22-33(61-40(64-38(22)50)27(16-31(49)66)56-17-25(48)39(51)69)44(73)63-35(37(68)28-18-53-21-57-28)45(74)59-26-9-4-3-8-24(36(26)67)41(70)62-34(23(2)65)43(72)55-15-10-32-58-30(20-75-32)46-60-29(19-76-46)42(71)54-14-7-13-52-12-6-5-11-47/h18-21,23-27,34-37,52,56,65,67-68H,3-17,47-48H2,1-2H3,(H2,49,66)(H2,51,69)(H,53,57)(H,54,71)(H,55,72)(H,59,74)(H,62,70)(H,63,73)(H2,50,61,64)/t23-,24+,25+,26+,27+,34+,35+,36+,37+/m1/s1. The van der Waals surface area contributed by atoms with E-state index in [0.29, 0.717) is 48.1 Å². The molecule has 0 radical (unpaired) electrons. The number of carbonyl (C=O) groups excluding carboxylic acids is 7. The molecule has 0 aromatic carbocycles. The maximum Gasteiger partial charge on any atom is 0.271 e. The second kappa shape index (κ2) is 29.6. The third kappa shape index (κ3) is 17.5. The summed E-state index contributed by atoms with van der Waals surface area (Å²) in [7, 11) is 0. The number of nitrogens with one attached hydrogen (secondary N) is 8. The van der Waals surface area contributed by atoms with E-state index >= 15 is 0 Å². The molecular formula is C46H70N18O10S2. The number of imidazole rings is 1. The fraction of sp³-hybridized carbons (Fsp3) is 0.565. The van der Waals surface area contributed by atoms with Crippen molar-refractivity contribution in [3.63, 3.8) is 0 Å². The van der Waals surface area contributed by atoms with Crippen LogP contribution in [0, 0.1) is 12.8 Å². The number of H-pyrrole nitrogens is 1. The van der Waals surface area contributed by atoms with E-state index in [1.807, 2.05) is 0 Å². The van der Waals surface area contributed by atoms with E-state index in [-0.39, 0.29) is 66.1 Å². The van der Waals surface area contributed by atoms with Crippen LogP contribution in [-0.4, -0.2) is 162 Å². The zero-order valence-corrected chi connectivity index (χ0v) is 43.9. The van der Waals surface area contributed by atoms with Crippen molar-refractivity contribution >= 4 is 69.8 Å². The van der Waals surface area contributed by atoms with Gasteiger partial charge in [0.15, 0.2) is 0 Å². The Morgan fingerprint density at radius 2 is 1.62 bits per heavy atom. The fourth-order valence-corrected chi connectivity index (χ4v) is 9.66. The highest BCUT2D eigenvalue weighted by Crippen LogP contribution is 2.28. The SMILES string of the molecule is Cc1c(N)nc([C@H](CC(N)=O)NC[C@H](N)C(N)=O)nc1C(=O)N[C@H](C(=O)N[C@H]1CCCC[C@H](C(=O)N[C@H](C(=O)NCCc2nc(-c3nc(C(=O)NCCCNCCCCN)cs3)cs2)[C@@H](C)O)[C@@H]1O)[C@@H](O)c1cnc[nH]1. The van der Waals surface area contributed by atoms with Crippen molar-refractivity contribution in [3.8, 4) is 10.7 Å². The highest BCUT2D eigenvalue weighted by Gasteiger charge is 2.40. The quantitative estimate of drug-likeness (QED) is 0.0178. The number of anilines is 1. The maximum absolute atomic E-state index is 14.2. The van der Waals surface area contributed by atoms with Crippen LogP contribution in [0.5, 0.6) is 0 Å². The number of nitrogen functional groups attached to an aromatic ring is 1. The number of unbranched alkanes of at least 4 members (excludes halogenated alkanes) is 1. The van der Waals surface area contributed by atoms with Gasteiger partial charge in [0.1, 0.15) is 51.9 Å². The molecular weight excluding hydrogens is 1030 g/mol. The molecule has 5 rings (SSSR count). The number of carbonyl (C=O) groups is 7. The van der Waals surface area contributed by atoms with Gasteiger partial charge in [-0.3, -0.25) is 33.6 Å². The molecule has 4 aromatic heterocycles. The van der Waals surface area contributed by atoms with Gasteiger partial charge in [-0.25, -0.2) is 24.9 Å². The number of nitrogens with two attached hydrogens (primary N) is 5. The second-order valence-corrected chi connectivity index (χ2v) is 20.1. The van der Waals surface area contributed by atoms with E-state index < -0.39 is 96.3 Å². The van der Waals surface area contributed by atoms with Gasteiger partial charge in [-0.05, 0) is 65.6 Å². The van der Waals surface area contributed by atoms with Crippen molar-refractivity contribution in [2.45, 2.75) is 120 Å². The third-order valence-electron chi connectivity index (χ3n) is 12.4. The lowest BCUT2D eigenvalue weighted by molar-refractivity contribution is -0.137. The third-order valence-corrected chi connectivity index (χ3v) is 14.2. The molecule has 416 valence electrons. The summed E-state index contributed by atoms with van der Waals surface area (Å²) in [6.45, 7) is 5.41. The first-order valence-electron chi connectivity index (χ1n) is 24.8. The van der Waals surface area contributed by atoms with Gasteiger partial charge < -0.3 is 86.2 Å². The number of hydrogen-bond donors (Lipinski definition) is 16. The fourth-order valence-electron chi connectivity index (χ4n) is 8.04. The van der Waals surface area contributed by atoms with Gasteiger partial charge in [-0.1, -0.05) is 12.8 Å². The van der Waals surface area contributed by atoms with Crippen LogP contribution in [0.3, 0.4) is 0 Å². The lowest BCUT2D eigenvalue weighted by atomic mass is 9.92. The van der Waals surface area contributed by atoms with Crippen molar-refractivity contribution in [1.82, 2.24) is 67.1 Å². The molecule has 30 heteroatoms.